The van der Waals surface area contributed by atoms with Crippen molar-refractivity contribution in [3.63, 3.8) is 0 Å². The first-order valence-corrected chi connectivity index (χ1v) is 12.3. The van der Waals surface area contributed by atoms with E-state index in [-0.39, 0.29) is 11.9 Å². The van der Waals surface area contributed by atoms with Crippen molar-refractivity contribution in [1.82, 2.24) is 15.3 Å². The van der Waals surface area contributed by atoms with Crippen molar-refractivity contribution >= 4 is 33.3 Å². The second kappa shape index (κ2) is 8.58. The number of anilines is 1. The summed E-state index contributed by atoms with van der Waals surface area (Å²) in [5.41, 5.74) is 3.62. The van der Waals surface area contributed by atoms with E-state index in [1.807, 2.05) is 6.92 Å². The molecule has 1 saturated carbocycles. The minimum absolute atomic E-state index is 0.00784. The van der Waals surface area contributed by atoms with Crippen LogP contribution in [0, 0.1) is 6.92 Å². The van der Waals surface area contributed by atoms with Gasteiger partial charge in [-0.1, -0.05) is 43.5 Å². The van der Waals surface area contributed by atoms with Gasteiger partial charge in [-0.15, -0.1) is 11.3 Å². The lowest BCUT2D eigenvalue weighted by atomic mass is 9.87. The molecule has 2 aliphatic carbocycles. The van der Waals surface area contributed by atoms with Crippen LogP contribution in [0.4, 0.5) is 5.82 Å². The van der Waals surface area contributed by atoms with Crippen molar-refractivity contribution in [2.24, 2.45) is 0 Å². The highest BCUT2D eigenvalue weighted by atomic mass is 32.1. The molecule has 2 aromatic heterocycles. The zero-order valence-corrected chi connectivity index (χ0v) is 19.2. The Kier molecular flexibility index (Phi) is 5.65. The molecule has 1 N–H and O–H groups in total. The predicted octanol–water partition coefficient (Wildman–Crippen LogP) is 5.58. The maximum Gasteiger partial charge on any atom is 0.262 e. The van der Waals surface area contributed by atoms with Crippen LogP contribution in [-0.2, 0) is 6.42 Å². The van der Waals surface area contributed by atoms with E-state index in [2.05, 4.69) is 51.5 Å². The SMILES string of the molecule is Cc1c(C(=O)N[C@@H]2CCCc3ccccc32)sc2ncnc(N(C)C3CCCCC3)c12. The quantitative estimate of drug-likeness (QED) is 0.583. The number of nitrogens with one attached hydrogen (secondary N) is 1. The Hall–Kier alpha value is -2.47. The fraction of sp³-hybridized carbons (Fsp3) is 0.480. The van der Waals surface area contributed by atoms with E-state index in [0.717, 1.165) is 45.7 Å². The van der Waals surface area contributed by atoms with Crippen LogP contribution < -0.4 is 10.2 Å². The normalized spacial score (nSPS) is 19.2. The molecule has 0 spiro atoms. The number of aryl methyl sites for hydroxylation is 2. The van der Waals surface area contributed by atoms with Gasteiger partial charge in [-0.2, -0.15) is 0 Å². The highest BCUT2D eigenvalue weighted by molar-refractivity contribution is 7.20. The minimum atomic E-state index is 0.00784. The van der Waals surface area contributed by atoms with Crippen LogP contribution in [0.15, 0.2) is 30.6 Å². The maximum atomic E-state index is 13.3. The third kappa shape index (κ3) is 3.82. The van der Waals surface area contributed by atoms with Crippen molar-refractivity contribution in [3.05, 3.63) is 52.2 Å². The Labute approximate surface area is 187 Å². The molecule has 0 saturated heterocycles. The van der Waals surface area contributed by atoms with Gasteiger partial charge in [0.2, 0.25) is 0 Å². The van der Waals surface area contributed by atoms with Crippen LogP contribution in [0.25, 0.3) is 10.2 Å². The number of nitrogens with zero attached hydrogens (tertiary/aromatic N) is 3. The van der Waals surface area contributed by atoms with Crippen LogP contribution in [0.1, 0.15) is 77.3 Å². The number of rotatable bonds is 4. The van der Waals surface area contributed by atoms with Gasteiger partial charge < -0.3 is 10.2 Å². The molecule has 2 aliphatic rings. The topological polar surface area (TPSA) is 58.1 Å². The van der Waals surface area contributed by atoms with Gasteiger partial charge in [0.25, 0.3) is 5.91 Å². The lowest BCUT2D eigenvalue weighted by Crippen LogP contribution is -2.34. The van der Waals surface area contributed by atoms with Crippen LogP contribution in [-0.4, -0.2) is 29.0 Å². The molecule has 0 aliphatic heterocycles. The van der Waals surface area contributed by atoms with E-state index in [9.17, 15) is 4.79 Å². The van der Waals surface area contributed by atoms with E-state index >= 15 is 0 Å². The number of hydrogen-bond acceptors (Lipinski definition) is 5. The van der Waals surface area contributed by atoms with Gasteiger partial charge in [0.05, 0.1) is 16.3 Å². The van der Waals surface area contributed by atoms with Gasteiger partial charge in [-0.3, -0.25) is 4.79 Å². The second-order valence-electron chi connectivity index (χ2n) is 8.95. The first-order valence-electron chi connectivity index (χ1n) is 11.5. The van der Waals surface area contributed by atoms with Crippen molar-refractivity contribution in [2.75, 3.05) is 11.9 Å². The van der Waals surface area contributed by atoms with Crippen molar-refractivity contribution in [1.29, 1.82) is 0 Å². The van der Waals surface area contributed by atoms with Crippen LogP contribution in [0.3, 0.4) is 0 Å². The van der Waals surface area contributed by atoms with Gasteiger partial charge in [0.1, 0.15) is 17.0 Å². The molecule has 0 radical (unpaired) electrons. The van der Waals surface area contributed by atoms with E-state index in [1.165, 1.54) is 54.6 Å². The standard InChI is InChI=1S/C25H30N4OS/c1-16-21-23(29(2)18-11-4-3-5-12-18)26-15-27-25(21)31-22(16)24(30)28-20-14-8-10-17-9-6-7-13-19(17)20/h6-7,9,13,15,18,20H,3-5,8,10-12,14H2,1-2H3,(H,28,30)/t20-/m1/s1. The summed E-state index contributed by atoms with van der Waals surface area (Å²) in [4.78, 5) is 26.5. The van der Waals surface area contributed by atoms with Gasteiger partial charge in [0, 0.05) is 13.1 Å². The van der Waals surface area contributed by atoms with Gasteiger partial charge in [-0.25, -0.2) is 9.97 Å². The summed E-state index contributed by atoms with van der Waals surface area (Å²) in [6, 6.07) is 9.08. The van der Waals surface area contributed by atoms with Gasteiger partial charge in [0.15, 0.2) is 0 Å². The number of thiophene rings is 1. The van der Waals surface area contributed by atoms with E-state index in [0.29, 0.717) is 6.04 Å². The Morgan fingerprint density at radius 1 is 1.10 bits per heavy atom. The molecule has 1 fully saturated rings. The van der Waals surface area contributed by atoms with E-state index < -0.39 is 0 Å². The summed E-state index contributed by atoms with van der Waals surface area (Å²) >= 11 is 1.49. The zero-order valence-electron chi connectivity index (χ0n) is 18.4. The number of hydrogen-bond donors (Lipinski definition) is 1. The summed E-state index contributed by atoms with van der Waals surface area (Å²) in [5.74, 6) is 0.973. The van der Waals surface area contributed by atoms with E-state index in [4.69, 9.17) is 0 Å². The van der Waals surface area contributed by atoms with Gasteiger partial charge in [-0.05, 0) is 55.7 Å². The first-order chi connectivity index (χ1) is 15.1. The van der Waals surface area contributed by atoms with Crippen molar-refractivity contribution < 1.29 is 4.79 Å². The smallest absolute Gasteiger partial charge is 0.262 e. The zero-order chi connectivity index (χ0) is 21.4. The molecule has 1 atom stereocenters. The predicted molar refractivity (Wildman–Crippen MR) is 127 cm³/mol. The molecule has 5 nitrogen and oxygen atoms in total. The average molecular weight is 435 g/mol. The maximum absolute atomic E-state index is 13.3. The van der Waals surface area contributed by atoms with Gasteiger partial charge >= 0.3 is 0 Å². The van der Waals surface area contributed by atoms with Crippen LogP contribution in [0.5, 0.6) is 0 Å². The Balaban J connectivity index is 1.45. The first kappa shape index (κ1) is 20.4. The largest absolute Gasteiger partial charge is 0.356 e. The number of carbonyl (C=O) groups excluding carboxylic acids is 1. The Morgan fingerprint density at radius 3 is 2.74 bits per heavy atom. The minimum Gasteiger partial charge on any atom is -0.356 e. The Bertz CT molecular complexity index is 1100. The third-order valence-electron chi connectivity index (χ3n) is 7.04. The average Bonchev–Trinajstić information content (AvgIpc) is 3.16. The molecular weight excluding hydrogens is 404 g/mol. The summed E-state index contributed by atoms with van der Waals surface area (Å²) in [6.07, 6.45) is 11.1. The Morgan fingerprint density at radius 2 is 1.90 bits per heavy atom. The molecule has 0 bridgehead atoms. The lowest BCUT2D eigenvalue weighted by molar-refractivity contribution is 0.0936. The number of amides is 1. The third-order valence-corrected chi connectivity index (χ3v) is 8.24. The molecule has 0 unspecified atom stereocenters. The summed E-state index contributed by atoms with van der Waals surface area (Å²) in [7, 11) is 2.15. The summed E-state index contributed by atoms with van der Waals surface area (Å²) < 4.78 is 0. The number of fused-ring (bicyclic) bond motifs is 2. The molecule has 3 aromatic rings. The van der Waals surface area contributed by atoms with Crippen molar-refractivity contribution in [2.45, 2.75) is 70.4 Å². The summed E-state index contributed by atoms with van der Waals surface area (Å²) in [5, 5.41) is 4.35. The van der Waals surface area contributed by atoms with Crippen molar-refractivity contribution in [3.8, 4) is 0 Å². The molecule has 1 aromatic carbocycles. The van der Waals surface area contributed by atoms with E-state index in [1.54, 1.807) is 6.33 Å². The molecular formula is C25H30N4OS. The number of benzene rings is 1. The fourth-order valence-corrected chi connectivity index (χ4v) is 6.35. The molecule has 1 amide bonds. The summed E-state index contributed by atoms with van der Waals surface area (Å²) in [6.45, 7) is 2.05. The highest BCUT2D eigenvalue weighted by Crippen LogP contribution is 2.37. The molecule has 2 heterocycles. The molecule has 162 valence electrons. The highest BCUT2D eigenvalue weighted by Gasteiger charge is 2.27. The monoisotopic (exact) mass is 434 g/mol. The molecule has 6 heteroatoms. The fourth-order valence-electron chi connectivity index (χ4n) is 5.31. The molecule has 31 heavy (non-hydrogen) atoms. The number of aromatic nitrogens is 2. The van der Waals surface area contributed by atoms with Crippen LogP contribution in [0.2, 0.25) is 0 Å². The second-order valence-corrected chi connectivity index (χ2v) is 9.95. The molecule has 5 rings (SSSR count). The van der Waals surface area contributed by atoms with Crippen LogP contribution >= 0.6 is 11.3 Å². The number of carbonyl (C=O) groups is 1. The lowest BCUT2D eigenvalue weighted by Gasteiger charge is -2.32.